The van der Waals surface area contributed by atoms with Crippen LogP contribution < -0.4 is 10.6 Å². The number of rotatable bonds is 4. The molecule has 0 bridgehead atoms. The molecule has 0 unspecified atom stereocenters. The first-order valence-corrected chi connectivity index (χ1v) is 6.51. The Labute approximate surface area is 116 Å². The number of hydrogen-bond donors (Lipinski definition) is 4. The number of anilines is 1. The van der Waals surface area contributed by atoms with Gasteiger partial charge in [-0.05, 0) is 36.5 Å². The van der Waals surface area contributed by atoms with E-state index in [1.54, 1.807) is 0 Å². The van der Waals surface area contributed by atoms with E-state index < -0.39 is 12.0 Å². The van der Waals surface area contributed by atoms with E-state index in [4.69, 9.17) is 5.11 Å². The molecular weight excluding hydrogens is 260 g/mol. The summed E-state index contributed by atoms with van der Waals surface area (Å²) in [6.45, 7) is 2.68. The first-order valence-electron chi connectivity index (χ1n) is 6.51. The average Bonchev–Trinajstić information content (AvgIpc) is 2.36. The van der Waals surface area contributed by atoms with Crippen molar-refractivity contribution in [3.05, 3.63) is 23.8 Å². The molecule has 6 heteroatoms. The van der Waals surface area contributed by atoms with Crippen LogP contribution in [0.25, 0.3) is 0 Å². The zero-order valence-electron chi connectivity index (χ0n) is 11.3. The molecule has 1 fully saturated rings. The monoisotopic (exact) mass is 278 g/mol. The first-order chi connectivity index (χ1) is 9.39. The minimum Gasteiger partial charge on any atom is -0.508 e. The minimum atomic E-state index is -1.21. The molecule has 1 saturated carbocycles. The number of benzene rings is 1. The average molecular weight is 278 g/mol. The lowest BCUT2D eigenvalue weighted by Crippen LogP contribution is -2.41. The quantitative estimate of drug-likeness (QED) is 0.635. The molecule has 6 nitrogen and oxygen atoms in total. The second-order valence-electron chi connectivity index (χ2n) is 5.51. The van der Waals surface area contributed by atoms with Gasteiger partial charge in [-0.2, -0.15) is 0 Å². The van der Waals surface area contributed by atoms with Gasteiger partial charge in [0.15, 0.2) is 0 Å². The van der Waals surface area contributed by atoms with E-state index in [2.05, 4.69) is 17.6 Å². The summed E-state index contributed by atoms with van der Waals surface area (Å²) < 4.78 is 0. The van der Waals surface area contributed by atoms with E-state index >= 15 is 0 Å². The van der Waals surface area contributed by atoms with Gasteiger partial charge in [-0.15, -0.1) is 0 Å². The van der Waals surface area contributed by atoms with Gasteiger partial charge >= 0.3 is 12.0 Å². The van der Waals surface area contributed by atoms with Gasteiger partial charge in [-0.25, -0.2) is 9.59 Å². The lowest BCUT2D eigenvalue weighted by atomic mass is 9.70. The normalized spacial score (nSPS) is 16.1. The van der Waals surface area contributed by atoms with E-state index in [-0.39, 0.29) is 22.4 Å². The highest BCUT2D eigenvalue weighted by molar-refractivity contribution is 6.00. The highest BCUT2D eigenvalue weighted by Gasteiger charge is 2.31. The van der Waals surface area contributed by atoms with Gasteiger partial charge in [-0.1, -0.05) is 13.3 Å². The van der Waals surface area contributed by atoms with Crippen LogP contribution in [0.3, 0.4) is 0 Å². The molecule has 4 N–H and O–H groups in total. The van der Waals surface area contributed by atoms with E-state index in [9.17, 15) is 14.7 Å². The summed E-state index contributed by atoms with van der Waals surface area (Å²) in [5.74, 6) is -1.36. The summed E-state index contributed by atoms with van der Waals surface area (Å²) >= 11 is 0. The van der Waals surface area contributed by atoms with Crippen molar-refractivity contribution >= 4 is 17.7 Å². The molecule has 0 aromatic heterocycles. The molecule has 20 heavy (non-hydrogen) atoms. The standard InChI is InChI=1S/C14H18N2O4/c1-14(5-2-6-14)8-15-13(20)16-11-4-3-9(17)7-10(11)12(18)19/h3-4,7,17H,2,5-6,8H2,1H3,(H,18,19)(H2,15,16,20). The fourth-order valence-corrected chi connectivity index (χ4v) is 2.24. The molecule has 0 atom stereocenters. The molecular formula is C14H18N2O4. The largest absolute Gasteiger partial charge is 0.508 e. The molecule has 108 valence electrons. The Bertz CT molecular complexity index is 538. The van der Waals surface area contributed by atoms with E-state index in [0.29, 0.717) is 6.54 Å². The van der Waals surface area contributed by atoms with Crippen molar-refractivity contribution in [3.63, 3.8) is 0 Å². The maximum Gasteiger partial charge on any atom is 0.337 e. The van der Waals surface area contributed by atoms with Gasteiger partial charge in [-0.3, -0.25) is 0 Å². The molecule has 1 aromatic rings. The zero-order chi connectivity index (χ0) is 14.8. The van der Waals surface area contributed by atoms with Crippen molar-refractivity contribution in [1.29, 1.82) is 0 Å². The number of carbonyl (C=O) groups is 2. The van der Waals surface area contributed by atoms with Crippen LogP contribution in [0.2, 0.25) is 0 Å². The van der Waals surface area contributed by atoms with Crippen LogP contribution in [0.1, 0.15) is 36.5 Å². The molecule has 0 saturated heterocycles. The summed E-state index contributed by atoms with van der Waals surface area (Å²) in [5, 5.41) is 23.6. The summed E-state index contributed by atoms with van der Waals surface area (Å²) in [6.07, 6.45) is 3.36. The first kappa shape index (κ1) is 14.2. The van der Waals surface area contributed by atoms with Crippen LogP contribution in [0.4, 0.5) is 10.5 Å². The minimum absolute atomic E-state index is 0.144. The number of phenols is 1. The van der Waals surface area contributed by atoms with Gasteiger partial charge in [0.05, 0.1) is 11.3 Å². The van der Waals surface area contributed by atoms with E-state index in [1.165, 1.54) is 18.6 Å². The van der Waals surface area contributed by atoms with Crippen LogP contribution in [0.15, 0.2) is 18.2 Å². The third-order valence-corrected chi connectivity index (χ3v) is 3.72. The third-order valence-electron chi connectivity index (χ3n) is 3.72. The number of nitrogens with one attached hydrogen (secondary N) is 2. The summed E-state index contributed by atoms with van der Waals surface area (Å²) in [4.78, 5) is 22.8. The number of carbonyl (C=O) groups excluding carboxylic acids is 1. The van der Waals surface area contributed by atoms with E-state index in [1.807, 2.05) is 0 Å². The third kappa shape index (κ3) is 3.20. The Kier molecular flexibility index (Phi) is 3.83. The smallest absolute Gasteiger partial charge is 0.337 e. The van der Waals surface area contributed by atoms with Crippen LogP contribution in [-0.2, 0) is 0 Å². The molecule has 0 radical (unpaired) electrons. The van der Waals surface area contributed by atoms with Crippen molar-refractivity contribution in [1.82, 2.24) is 5.32 Å². The van der Waals surface area contributed by atoms with Gasteiger partial charge in [0.2, 0.25) is 0 Å². The lowest BCUT2D eigenvalue weighted by molar-refractivity contribution is 0.0697. The van der Waals surface area contributed by atoms with Crippen LogP contribution in [-0.4, -0.2) is 28.8 Å². The van der Waals surface area contributed by atoms with Gasteiger partial charge in [0.25, 0.3) is 0 Å². The van der Waals surface area contributed by atoms with E-state index in [0.717, 1.165) is 18.9 Å². The predicted octanol–water partition coefficient (Wildman–Crippen LogP) is 2.40. The van der Waals surface area contributed by atoms with Gasteiger partial charge in [0.1, 0.15) is 5.75 Å². The van der Waals surface area contributed by atoms with Crippen LogP contribution in [0, 0.1) is 5.41 Å². The molecule has 1 aliphatic rings. The highest BCUT2D eigenvalue weighted by atomic mass is 16.4. The van der Waals surface area contributed by atoms with Gasteiger partial charge in [0, 0.05) is 6.54 Å². The molecule has 2 rings (SSSR count). The molecule has 2 amide bonds. The molecule has 0 spiro atoms. The SMILES string of the molecule is CC1(CNC(=O)Nc2ccc(O)cc2C(=O)O)CCC1. The van der Waals surface area contributed by atoms with Crippen molar-refractivity contribution in [2.45, 2.75) is 26.2 Å². The lowest BCUT2D eigenvalue weighted by Gasteiger charge is -2.38. The zero-order valence-corrected chi connectivity index (χ0v) is 11.3. The van der Waals surface area contributed by atoms with Crippen molar-refractivity contribution in [3.8, 4) is 5.75 Å². The summed E-state index contributed by atoms with van der Waals surface area (Å²) in [5.41, 5.74) is 0.170. The Balaban J connectivity index is 1.98. The number of hydrogen-bond acceptors (Lipinski definition) is 3. The van der Waals surface area contributed by atoms with Crippen molar-refractivity contribution in [2.75, 3.05) is 11.9 Å². The number of phenolic OH excluding ortho intramolecular Hbond substituents is 1. The Hall–Kier alpha value is -2.24. The summed E-state index contributed by atoms with van der Waals surface area (Å²) in [6, 6.07) is 3.36. The number of amides is 2. The summed E-state index contributed by atoms with van der Waals surface area (Å²) in [7, 11) is 0. The Morgan fingerprint density at radius 3 is 2.60 bits per heavy atom. The molecule has 0 aliphatic heterocycles. The number of urea groups is 1. The van der Waals surface area contributed by atoms with Gasteiger partial charge < -0.3 is 20.8 Å². The molecule has 0 heterocycles. The maximum atomic E-state index is 11.8. The number of aromatic carboxylic acids is 1. The Morgan fingerprint density at radius 2 is 2.05 bits per heavy atom. The number of carboxylic acid groups (broad SMARTS) is 1. The maximum absolute atomic E-state index is 11.8. The number of carboxylic acids is 1. The number of aromatic hydroxyl groups is 1. The highest BCUT2D eigenvalue weighted by Crippen LogP contribution is 2.39. The molecule has 1 aromatic carbocycles. The topological polar surface area (TPSA) is 98.7 Å². The van der Waals surface area contributed by atoms with Crippen LogP contribution >= 0.6 is 0 Å². The van der Waals surface area contributed by atoms with Crippen molar-refractivity contribution in [2.24, 2.45) is 5.41 Å². The van der Waals surface area contributed by atoms with Crippen molar-refractivity contribution < 1.29 is 19.8 Å². The predicted molar refractivity (Wildman–Crippen MR) is 74.0 cm³/mol. The van der Waals surface area contributed by atoms with Crippen LogP contribution in [0.5, 0.6) is 5.75 Å². The Morgan fingerprint density at radius 1 is 1.35 bits per heavy atom. The molecule has 1 aliphatic carbocycles. The fraction of sp³-hybridized carbons (Fsp3) is 0.429. The fourth-order valence-electron chi connectivity index (χ4n) is 2.24. The second-order valence-corrected chi connectivity index (χ2v) is 5.51. The second kappa shape index (κ2) is 5.40.